The van der Waals surface area contributed by atoms with E-state index < -0.39 is 11.9 Å². The van der Waals surface area contributed by atoms with Crippen LogP contribution in [0, 0.1) is 11.8 Å². The Morgan fingerprint density at radius 3 is 2.33 bits per heavy atom. The Hall–Kier alpha value is -1.30. The van der Waals surface area contributed by atoms with Gasteiger partial charge in [0.1, 0.15) is 0 Å². The number of carboxylic acids is 1. The maximum atomic E-state index is 12.7. The molecule has 0 bridgehead atoms. The Morgan fingerprint density at radius 1 is 1.12 bits per heavy atom. The first-order valence-electron chi connectivity index (χ1n) is 8.06. The van der Waals surface area contributed by atoms with E-state index in [0.29, 0.717) is 41.7 Å². The molecule has 2 aliphatic heterocycles. The molecule has 0 aromatic heterocycles. The fourth-order valence-electron chi connectivity index (χ4n) is 3.63. The molecule has 2 saturated heterocycles. The zero-order chi connectivity index (χ0) is 17.3. The summed E-state index contributed by atoms with van der Waals surface area (Å²) in [4.78, 5) is 25.7. The molecule has 0 radical (unpaired) electrons. The normalized spacial score (nSPS) is 25.0. The summed E-state index contributed by atoms with van der Waals surface area (Å²) in [5, 5.41) is 9.98. The van der Waals surface area contributed by atoms with Crippen molar-refractivity contribution in [1.29, 1.82) is 0 Å². The molecule has 7 heteroatoms. The molecule has 2 heterocycles. The van der Waals surface area contributed by atoms with Crippen molar-refractivity contribution in [2.75, 3.05) is 19.7 Å². The molecule has 24 heavy (non-hydrogen) atoms. The lowest BCUT2D eigenvalue weighted by Gasteiger charge is -2.35. The molecule has 1 unspecified atom stereocenters. The Bertz CT molecular complexity index is 623. The van der Waals surface area contributed by atoms with Crippen molar-refractivity contribution < 1.29 is 19.4 Å². The third-order valence-corrected chi connectivity index (χ3v) is 5.55. The molecule has 2 atom stereocenters. The maximum Gasteiger partial charge on any atom is 0.309 e. The number of carbonyl (C=O) groups excluding carboxylic acids is 1. The summed E-state index contributed by atoms with van der Waals surface area (Å²) in [6.07, 6.45) is 1.77. The molecule has 3 rings (SSSR count). The molecule has 1 N–H and O–H groups in total. The molecule has 0 aliphatic carbocycles. The minimum atomic E-state index is -0.793. The van der Waals surface area contributed by atoms with Crippen LogP contribution in [-0.2, 0) is 9.53 Å². The summed E-state index contributed by atoms with van der Waals surface area (Å²) in [7, 11) is 0. The van der Waals surface area contributed by atoms with Crippen molar-refractivity contribution >= 4 is 35.1 Å². The van der Waals surface area contributed by atoms with E-state index >= 15 is 0 Å². The minimum absolute atomic E-state index is 0.166. The Kier molecular flexibility index (Phi) is 5.33. The van der Waals surface area contributed by atoms with Crippen LogP contribution in [0.15, 0.2) is 18.2 Å². The largest absolute Gasteiger partial charge is 0.481 e. The summed E-state index contributed by atoms with van der Waals surface area (Å²) in [5.41, 5.74) is 0.333. The SMILES string of the molecule is O=C(O)C1CCO[C@H]1C1CCN(C(=O)c2c(Cl)cccc2Cl)CC1. The lowest BCUT2D eigenvalue weighted by Crippen LogP contribution is -2.43. The number of benzene rings is 1. The second kappa shape index (κ2) is 7.30. The number of amides is 1. The Labute approximate surface area is 150 Å². The number of ether oxygens (including phenoxy) is 1. The van der Waals surface area contributed by atoms with Crippen LogP contribution in [0.4, 0.5) is 0 Å². The molecule has 1 aromatic rings. The van der Waals surface area contributed by atoms with E-state index in [1.54, 1.807) is 23.1 Å². The smallest absolute Gasteiger partial charge is 0.309 e. The number of rotatable bonds is 3. The van der Waals surface area contributed by atoms with E-state index in [1.807, 2.05) is 0 Å². The van der Waals surface area contributed by atoms with Gasteiger partial charge in [0, 0.05) is 19.7 Å². The van der Waals surface area contributed by atoms with Gasteiger partial charge in [-0.05, 0) is 37.3 Å². The lowest BCUT2D eigenvalue weighted by atomic mass is 9.84. The van der Waals surface area contributed by atoms with Crippen LogP contribution >= 0.6 is 23.2 Å². The van der Waals surface area contributed by atoms with Gasteiger partial charge in [-0.1, -0.05) is 29.3 Å². The maximum absolute atomic E-state index is 12.7. The molecule has 5 nitrogen and oxygen atoms in total. The van der Waals surface area contributed by atoms with E-state index in [-0.39, 0.29) is 17.9 Å². The second-order valence-corrected chi connectivity index (χ2v) is 7.11. The first kappa shape index (κ1) is 17.5. The predicted octanol–water partition coefficient (Wildman–Crippen LogP) is 3.34. The zero-order valence-electron chi connectivity index (χ0n) is 13.1. The predicted molar refractivity (Wildman–Crippen MR) is 90.6 cm³/mol. The number of hydrogen-bond donors (Lipinski definition) is 1. The first-order chi connectivity index (χ1) is 11.5. The summed E-state index contributed by atoms with van der Waals surface area (Å²) < 4.78 is 5.66. The number of piperidine rings is 1. The van der Waals surface area contributed by atoms with Crippen LogP contribution in [0.25, 0.3) is 0 Å². The summed E-state index contributed by atoms with van der Waals surface area (Å²) in [6, 6.07) is 5.01. The number of hydrogen-bond acceptors (Lipinski definition) is 3. The number of halogens is 2. The topological polar surface area (TPSA) is 66.8 Å². The van der Waals surface area contributed by atoms with Gasteiger partial charge in [-0.25, -0.2) is 0 Å². The quantitative estimate of drug-likeness (QED) is 0.884. The van der Waals surface area contributed by atoms with E-state index in [9.17, 15) is 14.7 Å². The van der Waals surface area contributed by atoms with Crippen LogP contribution in [0.3, 0.4) is 0 Å². The van der Waals surface area contributed by atoms with Crippen molar-refractivity contribution in [1.82, 2.24) is 4.90 Å². The summed E-state index contributed by atoms with van der Waals surface area (Å²) in [6.45, 7) is 1.60. The highest BCUT2D eigenvalue weighted by molar-refractivity contribution is 6.39. The van der Waals surface area contributed by atoms with Gasteiger partial charge >= 0.3 is 5.97 Å². The average molecular weight is 372 g/mol. The van der Waals surface area contributed by atoms with Gasteiger partial charge in [-0.2, -0.15) is 0 Å². The zero-order valence-corrected chi connectivity index (χ0v) is 14.6. The van der Waals surface area contributed by atoms with Crippen LogP contribution in [0.5, 0.6) is 0 Å². The highest BCUT2D eigenvalue weighted by Gasteiger charge is 2.41. The van der Waals surface area contributed by atoms with Gasteiger partial charge in [-0.3, -0.25) is 9.59 Å². The fourth-order valence-corrected chi connectivity index (χ4v) is 4.19. The number of nitrogens with zero attached hydrogens (tertiary/aromatic N) is 1. The Morgan fingerprint density at radius 2 is 1.75 bits per heavy atom. The Balaban J connectivity index is 1.65. The monoisotopic (exact) mass is 371 g/mol. The van der Waals surface area contributed by atoms with Gasteiger partial charge in [0.2, 0.25) is 0 Å². The molecule has 130 valence electrons. The van der Waals surface area contributed by atoms with Crippen molar-refractivity contribution in [3.05, 3.63) is 33.8 Å². The number of carbonyl (C=O) groups is 2. The highest BCUT2D eigenvalue weighted by Crippen LogP contribution is 2.34. The molecule has 1 aromatic carbocycles. The third-order valence-electron chi connectivity index (χ3n) is 4.92. The fraction of sp³-hybridized carbons (Fsp3) is 0.529. The van der Waals surface area contributed by atoms with Gasteiger partial charge < -0.3 is 14.7 Å². The molecule has 1 amide bonds. The van der Waals surface area contributed by atoms with Gasteiger partial charge in [0.05, 0.1) is 27.6 Å². The van der Waals surface area contributed by atoms with E-state index in [1.165, 1.54) is 0 Å². The number of carboxylic acid groups (broad SMARTS) is 1. The molecular weight excluding hydrogens is 353 g/mol. The van der Waals surface area contributed by atoms with Gasteiger partial charge in [0.25, 0.3) is 5.91 Å². The highest BCUT2D eigenvalue weighted by atomic mass is 35.5. The summed E-state index contributed by atoms with van der Waals surface area (Å²) >= 11 is 12.2. The first-order valence-corrected chi connectivity index (χ1v) is 8.82. The van der Waals surface area contributed by atoms with Crippen molar-refractivity contribution in [3.63, 3.8) is 0 Å². The second-order valence-electron chi connectivity index (χ2n) is 6.30. The molecule has 0 saturated carbocycles. The molecular formula is C17H19Cl2NO4. The number of likely N-dealkylation sites (tertiary alicyclic amines) is 1. The summed E-state index contributed by atoms with van der Waals surface area (Å²) in [5.74, 6) is -1.24. The lowest BCUT2D eigenvalue weighted by molar-refractivity contribution is -0.145. The van der Waals surface area contributed by atoms with E-state index in [0.717, 1.165) is 12.8 Å². The van der Waals surface area contributed by atoms with E-state index in [2.05, 4.69) is 0 Å². The van der Waals surface area contributed by atoms with Gasteiger partial charge in [0.15, 0.2) is 0 Å². The standard InChI is InChI=1S/C17H19Cl2NO4/c18-12-2-1-3-13(19)14(12)16(21)20-7-4-10(5-8-20)15-11(17(22)23)6-9-24-15/h1-3,10-11,15H,4-9H2,(H,22,23)/t11?,15-/m0/s1. The molecule has 0 spiro atoms. The van der Waals surface area contributed by atoms with Crippen molar-refractivity contribution in [2.45, 2.75) is 25.4 Å². The molecule has 2 fully saturated rings. The van der Waals surface area contributed by atoms with Crippen LogP contribution < -0.4 is 0 Å². The van der Waals surface area contributed by atoms with Gasteiger partial charge in [-0.15, -0.1) is 0 Å². The van der Waals surface area contributed by atoms with Crippen molar-refractivity contribution in [3.8, 4) is 0 Å². The minimum Gasteiger partial charge on any atom is -0.481 e. The van der Waals surface area contributed by atoms with Crippen LogP contribution in [-0.4, -0.2) is 47.7 Å². The van der Waals surface area contributed by atoms with E-state index in [4.69, 9.17) is 27.9 Å². The molecule has 2 aliphatic rings. The number of aliphatic carboxylic acids is 1. The van der Waals surface area contributed by atoms with Crippen molar-refractivity contribution in [2.24, 2.45) is 11.8 Å². The van der Waals surface area contributed by atoms with Crippen LogP contribution in [0.2, 0.25) is 10.0 Å². The third kappa shape index (κ3) is 3.39. The average Bonchev–Trinajstić information content (AvgIpc) is 3.04. The van der Waals surface area contributed by atoms with Crippen LogP contribution in [0.1, 0.15) is 29.6 Å².